The van der Waals surface area contributed by atoms with Crippen LogP contribution in [0.15, 0.2) is 0 Å². The van der Waals surface area contributed by atoms with Crippen molar-refractivity contribution in [3.63, 3.8) is 0 Å². The molecule has 0 atom stereocenters. The van der Waals surface area contributed by atoms with Crippen LogP contribution in [0.1, 0.15) is 47.0 Å². The summed E-state index contributed by atoms with van der Waals surface area (Å²) in [5.74, 6) is 0.0807. The van der Waals surface area contributed by atoms with Gasteiger partial charge in [0.15, 0.2) is 0 Å². The average Bonchev–Trinajstić information content (AvgIpc) is 2.24. The number of hydrogen-bond acceptors (Lipinski definition) is 3. The average molecular weight is 279 g/mol. The van der Waals surface area contributed by atoms with E-state index in [0.717, 1.165) is 19.3 Å². The van der Waals surface area contributed by atoms with Gasteiger partial charge < -0.3 is 4.74 Å². The highest BCUT2D eigenvalue weighted by Crippen LogP contribution is 2.20. The zero-order valence-corrected chi connectivity index (χ0v) is 13.3. The number of nitrogens with zero attached hydrogens (tertiary/aromatic N) is 1. The zero-order chi connectivity index (χ0) is 14.2. The molecule has 110 valence electrons. The van der Waals surface area contributed by atoms with E-state index < -0.39 is 10.0 Å². The Morgan fingerprint density at radius 3 is 2.22 bits per heavy atom. The van der Waals surface area contributed by atoms with Crippen LogP contribution in [0, 0.1) is 5.41 Å². The molecule has 0 aliphatic heterocycles. The van der Waals surface area contributed by atoms with Crippen molar-refractivity contribution in [2.24, 2.45) is 5.41 Å². The maximum absolute atomic E-state index is 12.2. The summed E-state index contributed by atoms with van der Waals surface area (Å²) >= 11 is 0. The van der Waals surface area contributed by atoms with Crippen molar-refractivity contribution in [3.05, 3.63) is 0 Å². The van der Waals surface area contributed by atoms with Crippen molar-refractivity contribution in [2.45, 2.75) is 47.0 Å². The number of methoxy groups -OCH3 is 1. The minimum absolute atomic E-state index is 0.0807. The van der Waals surface area contributed by atoms with Gasteiger partial charge in [-0.3, -0.25) is 0 Å². The summed E-state index contributed by atoms with van der Waals surface area (Å²) in [6.45, 7) is 9.96. The predicted octanol–water partition coefficient (Wildman–Crippen LogP) is 2.50. The van der Waals surface area contributed by atoms with Gasteiger partial charge in [-0.1, -0.05) is 34.1 Å². The summed E-state index contributed by atoms with van der Waals surface area (Å²) in [6.07, 6.45) is 2.80. The lowest BCUT2D eigenvalue weighted by molar-refractivity contribution is 0.214. The molecule has 0 aliphatic carbocycles. The molecule has 0 aromatic rings. The first kappa shape index (κ1) is 17.9. The van der Waals surface area contributed by atoms with Gasteiger partial charge in [-0.15, -0.1) is 0 Å². The lowest BCUT2D eigenvalue weighted by atomic mass is 9.92. The summed E-state index contributed by atoms with van der Waals surface area (Å²) in [4.78, 5) is 0. The highest BCUT2D eigenvalue weighted by atomic mass is 32.2. The van der Waals surface area contributed by atoms with E-state index in [2.05, 4.69) is 27.7 Å². The van der Waals surface area contributed by atoms with Gasteiger partial charge in [0.05, 0.1) is 12.4 Å². The van der Waals surface area contributed by atoms with Gasteiger partial charge in [0.25, 0.3) is 0 Å². The number of hydrogen-bond donors (Lipinski definition) is 0. The second kappa shape index (κ2) is 8.12. The topological polar surface area (TPSA) is 46.6 Å². The zero-order valence-electron chi connectivity index (χ0n) is 12.5. The first-order valence-electron chi connectivity index (χ1n) is 6.69. The van der Waals surface area contributed by atoms with Gasteiger partial charge in [-0.05, 0) is 18.3 Å². The molecule has 18 heavy (non-hydrogen) atoms. The van der Waals surface area contributed by atoms with Gasteiger partial charge >= 0.3 is 0 Å². The Labute approximate surface area is 113 Å². The van der Waals surface area contributed by atoms with Crippen LogP contribution in [0.2, 0.25) is 0 Å². The Morgan fingerprint density at radius 2 is 1.78 bits per heavy atom. The molecule has 0 bridgehead atoms. The van der Waals surface area contributed by atoms with Crippen LogP contribution in [0.3, 0.4) is 0 Å². The van der Waals surface area contributed by atoms with Crippen LogP contribution in [0.25, 0.3) is 0 Å². The van der Waals surface area contributed by atoms with E-state index in [1.54, 1.807) is 4.31 Å². The maximum Gasteiger partial charge on any atom is 0.216 e. The molecule has 0 saturated carbocycles. The van der Waals surface area contributed by atoms with E-state index in [9.17, 15) is 8.42 Å². The monoisotopic (exact) mass is 279 g/mol. The maximum atomic E-state index is 12.2. The predicted molar refractivity (Wildman–Crippen MR) is 76.2 cm³/mol. The minimum atomic E-state index is -3.17. The summed E-state index contributed by atoms with van der Waals surface area (Å²) in [5, 5.41) is 0. The van der Waals surface area contributed by atoms with Crippen LogP contribution in [0.5, 0.6) is 0 Å². The summed E-state index contributed by atoms with van der Waals surface area (Å²) in [5.41, 5.74) is 0.154. The second-order valence-electron chi connectivity index (χ2n) is 5.87. The smallest absolute Gasteiger partial charge is 0.216 e. The van der Waals surface area contributed by atoms with E-state index >= 15 is 0 Å². The normalized spacial score (nSPS) is 13.2. The fraction of sp³-hybridized carbons (Fsp3) is 1.00. The Hall–Kier alpha value is -0.130. The Balaban J connectivity index is 4.55. The molecule has 0 aliphatic rings. The number of rotatable bonds is 9. The molecule has 0 unspecified atom stereocenters. The molecule has 0 heterocycles. The highest BCUT2D eigenvalue weighted by molar-refractivity contribution is 7.89. The Morgan fingerprint density at radius 1 is 1.17 bits per heavy atom. The van der Waals surface area contributed by atoms with Crippen molar-refractivity contribution in [3.8, 4) is 0 Å². The van der Waals surface area contributed by atoms with Gasteiger partial charge in [-0.2, -0.15) is 0 Å². The highest BCUT2D eigenvalue weighted by Gasteiger charge is 2.23. The molecular formula is C13H29NO3S. The molecule has 0 spiro atoms. The SMILES string of the molecule is CCCCN(CCC(C)(C)C)S(=O)(=O)CCOC. The third kappa shape index (κ3) is 8.06. The lowest BCUT2D eigenvalue weighted by Crippen LogP contribution is -2.37. The molecular weight excluding hydrogens is 250 g/mol. The third-order valence-corrected chi connectivity index (χ3v) is 4.65. The first-order valence-corrected chi connectivity index (χ1v) is 8.30. The molecule has 5 heteroatoms. The van der Waals surface area contributed by atoms with Crippen molar-refractivity contribution in [1.82, 2.24) is 4.31 Å². The Kier molecular flexibility index (Phi) is 8.06. The molecule has 0 radical (unpaired) electrons. The molecule has 0 aromatic heterocycles. The van der Waals surface area contributed by atoms with E-state index in [1.807, 2.05) is 0 Å². The van der Waals surface area contributed by atoms with E-state index in [0.29, 0.717) is 13.1 Å². The van der Waals surface area contributed by atoms with Crippen molar-refractivity contribution in [1.29, 1.82) is 0 Å². The summed E-state index contributed by atoms with van der Waals surface area (Å²) in [6, 6.07) is 0. The number of ether oxygens (including phenoxy) is 1. The molecule has 0 aromatic carbocycles. The van der Waals surface area contributed by atoms with Gasteiger partial charge in [-0.25, -0.2) is 12.7 Å². The van der Waals surface area contributed by atoms with Gasteiger partial charge in [0.1, 0.15) is 0 Å². The molecule has 0 amide bonds. The minimum Gasteiger partial charge on any atom is -0.384 e. The lowest BCUT2D eigenvalue weighted by Gasteiger charge is -2.26. The second-order valence-corrected chi connectivity index (χ2v) is 7.96. The fourth-order valence-electron chi connectivity index (χ4n) is 1.50. The van der Waals surface area contributed by atoms with Crippen LogP contribution in [0.4, 0.5) is 0 Å². The quantitative estimate of drug-likeness (QED) is 0.651. The summed E-state index contributed by atoms with van der Waals surface area (Å²) in [7, 11) is -1.64. The van der Waals surface area contributed by atoms with Crippen molar-refractivity contribution >= 4 is 10.0 Å². The van der Waals surface area contributed by atoms with E-state index in [4.69, 9.17) is 4.74 Å². The fourth-order valence-corrected chi connectivity index (χ4v) is 2.91. The standard InChI is InChI=1S/C13H29NO3S/c1-6-7-9-14(10-8-13(2,3)4)18(15,16)12-11-17-5/h6-12H2,1-5H3. The van der Waals surface area contributed by atoms with Crippen molar-refractivity contribution in [2.75, 3.05) is 32.6 Å². The Bertz CT molecular complexity index is 307. The first-order chi connectivity index (χ1) is 8.23. The largest absolute Gasteiger partial charge is 0.384 e. The van der Waals surface area contributed by atoms with Crippen LogP contribution < -0.4 is 0 Å². The van der Waals surface area contributed by atoms with Crippen LogP contribution in [-0.2, 0) is 14.8 Å². The summed E-state index contributed by atoms with van der Waals surface area (Å²) < 4.78 is 30.8. The van der Waals surface area contributed by atoms with Gasteiger partial charge in [0.2, 0.25) is 10.0 Å². The van der Waals surface area contributed by atoms with Crippen LogP contribution >= 0.6 is 0 Å². The van der Waals surface area contributed by atoms with Crippen LogP contribution in [-0.4, -0.2) is 45.3 Å². The van der Waals surface area contributed by atoms with Gasteiger partial charge in [0, 0.05) is 20.2 Å². The molecule has 0 rings (SSSR count). The van der Waals surface area contributed by atoms with E-state index in [1.165, 1.54) is 7.11 Å². The molecule has 0 fully saturated rings. The molecule has 0 N–H and O–H groups in total. The third-order valence-electron chi connectivity index (χ3n) is 2.81. The van der Waals surface area contributed by atoms with E-state index in [-0.39, 0.29) is 17.8 Å². The molecule has 4 nitrogen and oxygen atoms in total. The van der Waals surface area contributed by atoms with Crippen molar-refractivity contribution < 1.29 is 13.2 Å². The molecule has 0 saturated heterocycles. The number of sulfonamides is 1. The number of unbranched alkanes of at least 4 members (excludes halogenated alkanes) is 1.